The summed E-state index contributed by atoms with van der Waals surface area (Å²) in [6.07, 6.45) is 0. The van der Waals surface area contributed by atoms with Gasteiger partial charge in [-0.1, -0.05) is 0 Å². The first-order valence-corrected chi connectivity index (χ1v) is 5.38. The molecule has 0 amide bonds. The molecule has 0 aromatic rings. The SMILES string of the molecule is CCS(=O)(=O)O.NS(=O)(=O)O. The molecule has 0 saturated heterocycles. The lowest BCUT2D eigenvalue weighted by Gasteiger charge is -1.79. The minimum absolute atomic E-state index is 0.201. The summed E-state index contributed by atoms with van der Waals surface area (Å²) in [4.78, 5) is 0. The third-order valence-corrected chi connectivity index (χ3v) is 1.09. The minimum atomic E-state index is -4.17. The van der Waals surface area contributed by atoms with Crippen LogP contribution in [0.1, 0.15) is 6.92 Å². The van der Waals surface area contributed by atoms with E-state index in [0.29, 0.717) is 0 Å². The fourth-order valence-electron chi connectivity index (χ4n) is 0. The van der Waals surface area contributed by atoms with Crippen LogP contribution in [0.5, 0.6) is 0 Å². The maximum Gasteiger partial charge on any atom is 0.330 e. The van der Waals surface area contributed by atoms with Crippen LogP contribution in [0.25, 0.3) is 0 Å². The van der Waals surface area contributed by atoms with E-state index in [4.69, 9.17) is 17.5 Å². The first kappa shape index (κ1) is 13.4. The Morgan fingerprint density at radius 1 is 1.18 bits per heavy atom. The Kier molecular flexibility index (Phi) is 5.61. The van der Waals surface area contributed by atoms with Crippen LogP contribution in [0.15, 0.2) is 0 Å². The lowest BCUT2D eigenvalue weighted by molar-refractivity contribution is 0.482. The van der Waals surface area contributed by atoms with E-state index in [1.54, 1.807) is 0 Å². The number of nitrogens with two attached hydrogens (primary N) is 1. The van der Waals surface area contributed by atoms with Crippen molar-refractivity contribution in [3.8, 4) is 0 Å². The van der Waals surface area contributed by atoms with Crippen molar-refractivity contribution in [3.63, 3.8) is 0 Å². The summed E-state index contributed by atoms with van der Waals surface area (Å²) >= 11 is 0. The Morgan fingerprint density at radius 2 is 1.27 bits per heavy atom. The second kappa shape index (κ2) is 4.62. The minimum Gasteiger partial charge on any atom is -0.286 e. The molecule has 0 aromatic heterocycles. The molecule has 11 heavy (non-hydrogen) atoms. The molecule has 0 bridgehead atoms. The van der Waals surface area contributed by atoms with Crippen LogP contribution in [0.2, 0.25) is 0 Å². The zero-order chi connectivity index (χ0) is 9.71. The molecule has 0 fully saturated rings. The molecule has 70 valence electrons. The molecule has 0 aliphatic heterocycles. The first-order valence-electron chi connectivity index (χ1n) is 2.26. The molecular weight excluding hydrogens is 198 g/mol. The highest BCUT2D eigenvalue weighted by Crippen LogP contribution is 1.74. The van der Waals surface area contributed by atoms with Crippen molar-refractivity contribution in [3.05, 3.63) is 0 Å². The Labute approximate surface area is 64.8 Å². The molecule has 0 aliphatic carbocycles. The molecule has 9 heteroatoms. The van der Waals surface area contributed by atoms with E-state index in [9.17, 15) is 8.42 Å². The van der Waals surface area contributed by atoms with Crippen molar-refractivity contribution in [2.75, 3.05) is 5.75 Å². The van der Waals surface area contributed by atoms with Gasteiger partial charge in [0.1, 0.15) is 0 Å². The van der Waals surface area contributed by atoms with E-state index in [2.05, 4.69) is 5.14 Å². The van der Waals surface area contributed by atoms with E-state index < -0.39 is 20.4 Å². The van der Waals surface area contributed by atoms with Gasteiger partial charge in [-0.15, -0.1) is 0 Å². The highest BCUT2D eigenvalue weighted by Gasteiger charge is 1.93. The average Bonchev–Trinajstić information content (AvgIpc) is 1.59. The number of hydrogen-bond acceptors (Lipinski definition) is 4. The van der Waals surface area contributed by atoms with Crippen molar-refractivity contribution in [1.29, 1.82) is 0 Å². The van der Waals surface area contributed by atoms with Crippen molar-refractivity contribution >= 4 is 20.4 Å². The molecule has 0 radical (unpaired) electrons. The lowest BCUT2D eigenvalue weighted by atomic mass is 11.0. The quantitative estimate of drug-likeness (QED) is 0.454. The molecule has 4 N–H and O–H groups in total. The monoisotopic (exact) mass is 207 g/mol. The molecular formula is C2H9NO6S2. The molecule has 0 heterocycles. The predicted molar refractivity (Wildman–Crippen MR) is 37.8 cm³/mol. The Bertz CT molecular complexity index is 266. The van der Waals surface area contributed by atoms with Gasteiger partial charge in [-0.25, -0.2) is 5.14 Å². The van der Waals surface area contributed by atoms with E-state index in [0.717, 1.165) is 0 Å². The zero-order valence-corrected chi connectivity index (χ0v) is 7.26. The van der Waals surface area contributed by atoms with Crippen molar-refractivity contribution in [2.45, 2.75) is 6.92 Å². The predicted octanol–water partition coefficient (Wildman–Crippen LogP) is -1.36. The third kappa shape index (κ3) is 76.6. The van der Waals surface area contributed by atoms with Gasteiger partial charge in [0.05, 0.1) is 5.75 Å². The summed E-state index contributed by atoms with van der Waals surface area (Å²) in [5.74, 6) is -0.201. The normalized spacial score (nSPS) is 11.6. The Balaban J connectivity index is 0. The van der Waals surface area contributed by atoms with E-state index in [-0.39, 0.29) is 5.75 Å². The van der Waals surface area contributed by atoms with Crippen molar-refractivity contribution in [1.82, 2.24) is 0 Å². The van der Waals surface area contributed by atoms with Crippen LogP contribution in [0.3, 0.4) is 0 Å². The average molecular weight is 207 g/mol. The van der Waals surface area contributed by atoms with Crippen LogP contribution in [0.4, 0.5) is 0 Å². The van der Waals surface area contributed by atoms with Gasteiger partial charge in [-0.3, -0.25) is 9.11 Å². The standard InChI is InChI=1S/C2H6O3S.H3NO3S/c1-2-6(3,4)5;1-5(2,3)4/h2H2,1H3,(H,3,4,5);(H3,1,2,3,4). The van der Waals surface area contributed by atoms with Gasteiger partial charge in [0, 0.05) is 0 Å². The van der Waals surface area contributed by atoms with Crippen LogP contribution in [-0.2, 0) is 20.4 Å². The fraction of sp³-hybridized carbons (Fsp3) is 1.00. The van der Waals surface area contributed by atoms with Crippen LogP contribution in [-0.4, -0.2) is 31.7 Å². The van der Waals surface area contributed by atoms with E-state index in [1.807, 2.05) is 0 Å². The summed E-state index contributed by atoms with van der Waals surface area (Å²) < 4.78 is 52.1. The molecule has 0 rings (SSSR count). The van der Waals surface area contributed by atoms with Gasteiger partial charge in [-0.2, -0.15) is 16.8 Å². The molecule has 0 aromatic carbocycles. The van der Waals surface area contributed by atoms with Crippen LogP contribution >= 0.6 is 0 Å². The Hall–Kier alpha value is -0.220. The molecule has 0 spiro atoms. The molecule has 0 unspecified atom stereocenters. The zero-order valence-electron chi connectivity index (χ0n) is 5.63. The Morgan fingerprint density at radius 3 is 1.27 bits per heavy atom. The smallest absolute Gasteiger partial charge is 0.286 e. The summed E-state index contributed by atoms with van der Waals surface area (Å²) in [5, 5.41) is 3.88. The maximum atomic E-state index is 9.56. The van der Waals surface area contributed by atoms with Crippen molar-refractivity contribution in [2.24, 2.45) is 5.14 Å². The highest BCUT2D eigenvalue weighted by atomic mass is 32.2. The van der Waals surface area contributed by atoms with E-state index >= 15 is 0 Å². The van der Waals surface area contributed by atoms with Crippen LogP contribution < -0.4 is 5.14 Å². The van der Waals surface area contributed by atoms with Crippen molar-refractivity contribution < 1.29 is 25.9 Å². The highest BCUT2D eigenvalue weighted by molar-refractivity contribution is 7.85. The largest absolute Gasteiger partial charge is 0.330 e. The third-order valence-electron chi connectivity index (χ3n) is 0.365. The maximum absolute atomic E-state index is 9.56. The topological polar surface area (TPSA) is 135 Å². The summed E-state index contributed by atoms with van der Waals surface area (Å²) in [6, 6.07) is 0. The van der Waals surface area contributed by atoms with Gasteiger partial charge < -0.3 is 0 Å². The van der Waals surface area contributed by atoms with Gasteiger partial charge in [0.25, 0.3) is 10.1 Å². The number of hydrogen-bond donors (Lipinski definition) is 3. The molecule has 0 saturated carbocycles. The second-order valence-electron chi connectivity index (χ2n) is 1.39. The first-order chi connectivity index (χ1) is 4.56. The van der Waals surface area contributed by atoms with Gasteiger partial charge in [0.15, 0.2) is 0 Å². The summed E-state index contributed by atoms with van der Waals surface area (Å²) in [6.45, 7) is 1.37. The lowest BCUT2D eigenvalue weighted by Crippen LogP contribution is -2.08. The fourth-order valence-corrected chi connectivity index (χ4v) is 0. The molecule has 0 aliphatic rings. The molecule has 0 atom stereocenters. The van der Waals surface area contributed by atoms with Gasteiger partial charge in [0.2, 0.25) is 0 Å². The summed E-state index contributed by atoms with van der Waals surface area (Å²) in [7, 11) is -7.83. The van der Waals surface area contributed by atoms with Gasteiger partial charge >= 0.3 is 10.3 Å². The van der Waals surface area contributed by atoms with E-state index in [1.165, 1.54) is 6.92 Å². The van der Waals surface area contributed by atoms with Crippen LogP contribution in [0, 0.1) is 0 Å². The second-order valence-corrected chi connectivity index (χ2v) is 4.16. The van der Waals surface area contributed by atoms with Gasteiger partial charge in [-0.05, 0) is 6.92 Å². The molecule has 7 nitrogen and oxygen atoms in total. The number of rotatable bonds is 1. The summed E-state index contributed by atoms with van der Waals surface area (Å²) in [5.41, 5.74) is 0.